The van der Waals surface area contributed by atoms with Crippen LogP contribution in [0.4, 0.5) is 93.9 Å². The number of carbonyl (C=O) groups is 2. The molecule has 0 heterocycles. The fraction of sp³-hybridized carbons (Fsp3) is 0.550. The van der Waals surface area contributed by atoms with E-state index in [1.807, 2.05) is 0 Å². The van der Waals surface area contributed by atoms with E-state index in [-0.39, 0.29) is 11.3 Å². The molecule has 0 saturated heterocycles. The first-order valence-electron chi connectivity index (χ1n) is 19.5. The van der Waals surface area contributed by atoms with Crippen molar-refractivity contribution < 1.29 is 112 Å². The summed E-state index contributed by atoms with van der Waals surface area (Å²) in [7, 11) is -4.07. The molecule has 0 aliphatic heterocycles. The van der Waals surface area contributed by atoms with Gasteiger partial charge in [-0.15, -0.1) is 0 Å². The van der Waals surface area contributed by atoms with Gasteiger partial charge in [0, 0.05) is 24.5 Å². The van der Waals surface area contributed by atoms with Crippen LogP contribution in [0.2, 0.25) is 17.1 Å². The molecule has 2 atom stereocenters. The van der Waals surface area contributed by atoms with E-state index < -0.39 is 134 Å². The van der Waals surface area contributed by atoms with E-state index in [4.69, 9.17) is 19.1 Å². The van der Waals surface area contributed by atoms with Crippen molar-refractivity contribution in [1.82, 2.24) is 5.48 Å². The molecule has 8 nitrogen and oxygen atoms in total. The number of allylic oxidation sites excluding steroid dienone is 2. The second kappa shape index (κ2) is 21.5. The third kappa shape index (κ3) is 12.0. The van der Waals surface area contributed by atoms with Gasteiger partial charge in [0.05, 0.1) is 12.3 Å². The lowest BCUT2D eigenvalue weighted by molar-refractivity contribution is -0.461. The normalized spacial score (nSPS) is 15.2. The average molecular weight is 1040 g/mol. The van der Waals surface area contributed by atoms with Crippen molar-refractivity contribution in [2.24, 2.45) is 5.92 Å². The zero-order valence-electron chi connectivity index (χ0n) is 36.1. The van der Waals surface area contributed by atoms with E-state index in [0.29, 0.717) is 11.6 Å². The fourth-order valence-electron chi connectivity index (χ4n) is 6.52. The maximum atomic E-state index is 15.0. The summed E-state index contributed by atoms with van der Waals surface area (Å²) >= 11 is 0. The summed E-state index contributed by atoms with van der Waals surface area (Å²) in [5, 5.41) is 10.8. The van der Waals surface area contributed by atoms with Crippen molar-refractivity contribution in [2.75, 3.05) is 18.5 Å². The number of alkyl halides is 17. The van der Waals surface area contributed by atoms with Crippen molar-refractivity contribution in [3.8, 4) is 5.75 Å². The summed E-state index contributed by atoms with van der Waals surface area (Å²) < 4.78 is 281. The van der Waals surface area contributed by atoms with Crippen LogP contribution in [0.1, 0.15) is 59.6 Å². The van der Waals surface area contributed by atoms with Gasteiger partial charge in [-0.2, -0.15) is 74.6 Å². The van der Waals surface area contributed by atoms with Crippen molar-refractivity contribution in [3.05, 3.63) is 83.5 Å². The molecule has 0 spiro atoms. The van der Waals surface area contributed by atoms with Crippen LogP contribution in [-0.4, -0.2) is 86.4 Å². The molecule has 0 unspecified atom stereocenters. The Morgan fingerprint density at radius 2 is 1.21 bits per heavy atom. The molecule has 2 rings (SSSR count). The molecule has 28 heteroatoms. The van der Waals surface area contributed by atoms with E-state index >= 15 is 8.78 Å². The quantitative estimate of drug-likeness (QED) is 0.0195. The molecule has 0 saturated carbocycles. The summed E-state index contributed by atoms with van der Waals surface area (Å²) in [5.41, 5.74) is -0.212. The molecule has 0 radical (unpaired) electrons. The van der Waals surface area contributed by atoms with Crippen molar-refractivity contribution in [3.63, 3.8) is 0 Å². The molecule has 0 bridgehead atoms. The Kier molecular flexibility index (Phi) is 18.8. The Hall–Kier alpha value is -4.73. The van der Waals surface area contributed by atoms with Crippen LogP contribution in [0, 0.1) is 17.6 Å². The molecule has 2 aromatic rings. The monoisotopic (exact) mass is 1040 g/mol. The lowest BCUT2D eigenvalue weighted by Gasteiger charge is -2.44. The van der Waals surface area contributed by atoms with Crippen LogP contribution >= 0.6 is 0 Å². The topological polar surface area (TPSA) is 106 Å². The SMILES string of the molecule is C/C(=C\C=C\C(=O)NO)[C@@H](C)[C@H](OC(=O)Nc1ccc(F)cc1F)c1ccc(OCCO[Si](CCC(F)(F)C(F)(F)C(F)(F)C(F)(F)C(F)(F)C(F)(F)C(F)(F)C(F)(F)F)(C(C)C)C(C)C)cc1. The van der Waals surface area contributed by atoms with Gasteiger partial charge in [0.15, 0.2) is 8.32 Å². The minimum atomic E-state index is -8.73. The maximum Gasteiger partial charge on any atom is 0.460 e. The molecule has 3 N–H and O–H groups in total. The Morgan fingerprint density at radius 1 is 0.706 bits per heavy atom. The number of ether oxygens (including phenoxy) is 2. The van der Waals surface area contributed by atoms with Gasteiger partial charge in [-0.3, -0.25) is 15.3 Å². The third-order valence-electron chi connectivity index (χ3n) is 10.8. The van der Waals surface area contributed by atoms with E-state index in [0.717, 1.165) is 18.2 Å². The Balaban J connectivity index is 2.34. The number of benzene rings is 2. The van der Waals surface area contributed by atoms with Gasteiger partial charge in [-0.05, 0) is 53.9 Å². The first-order valence-corrected chi connectivity index (χ1v) is 21.8. The van der Waals surface area contributed by atoms with Crippen molar-refractivity contribution >= 4 is 26.0 Å². The number of hydrogen-bond acceptors (Lipinski definition) is 6. The summed E-state index contributed by atoms with van der Waals surface area (Å²) in [5.74, 6) is -60.7. The first-order chi connectivity index (χ1) is 30.7. The van der Waals surface area contributed by atoms with Crippen LogP contribution in [0.5, 0.6) is 5.75 Å². The lowest BCUT2D eigenvalue weighted by atomic mass is 9.88. The van der Waals surface area contributed by atoms with Crippen LogP contribution < -0.4 is 15.5 Å². The van der Waals surface area contributed by atoms with Gasteiger partial charge < -0.3 is 13.9 Å². The van der Waals surface area contributed by atoms with E-state index in [2.05, 4.69) is 5.32 Å². The number of amides is 2. The van der Waals surface area contributed by atoms with Crippen LogP contribution in [0.15, 0.2) is 66.3 Å². The molecule has 0 fully saturated rings. The summed E-state index contributed by atoms with van der Waals surface area (Å²) in [6, 6.07) is 6.23. The number of carbonyl (C=O) groups excluding carboxylic acids is 2. The van der Waals surface area contributed by atoms with E-state index in [1.165, 1.54) is 69.6 Å². The second-order valence-corrected chi connectivity index (χ2v) is 20.8. The summed E-state index contributed by atoms with van der Waals surface area (Å²) in [4.78, 5) is 24.3. The predicted octanol–water partition coefficient (Wildman–Crippen LogP) is 13.5. The van der Waals surface area contributed by atoms with E-state index in [9.17, 15) is 84.2 Å². The predicted molar refractivity (Wildman–Crippen MR) is 205 cm³/mol. The number of halogens is 19. The Labute approximate surface area is 375 Å². The fourth-order valence-corrected chi connectivity index (χ4v) is 11.0. The average Bonchev–Trinajstić information content (AvgIpc) is 3.22. The summed E-state index contributed by atoms with van der Waals surface area (Å²) in [6.45, 7) is 7.18. The van der Waals surface area contributed by atoms with Gasteiger partial charge in [0.1, 0.15) is 30.1 Å². The highest BCUT2D eigenvalue weighted by molar-refractivity contribution is 6.76. The minimum absolute atomic E-state index is 0.0258. The smallest absolute Gasteiger partial charge is 0.460 e. The van der Waals surface area contributed by atoms with Gasteiger partial charge in [-0.25, -0.2) is 19.1 Å². The molecule has 386 valence electrons. The maximum absolute atomic E-state index is 15.0. The second-order valence-electron chi connectivity index (χ2n) is 15.8. The van der Waals surface area contributed by atoms with Crippen LogP contribution in [0.25, 0.3) is 0 Å². The number of hydrogen-bond donors (Lipinski definition) is 3. The molecular formula is C40H43F19N2O6Si. The van der Waals surface area contributed by atoms with Gasteiger partial charge >= 0.3 is 53.7 Å². The van der Waals surface area contributed by atoms with Crippen LogP contribution in [0.3, 0.4) is 0 Å². The number of nitrogens with one attached hydrogen (secondary N) is 2. The lowest BCUT2D eigenvalue weighted by Crippen LogP contribution is -2.74. The molecule has 0 aliphatic rings. The highest BCUT2D eigenvalue weighted by Crippen LogP contribution is 2.64. The molecule has 68 heavy (non-hydrogen) atoms. The van der Waals surface area contributed by atoms with Crippen molar-refractivity contribution in [2.45, 2.75) is 119 Å². The Morgan fingerprint density at radius 3 is 1.68 bits per heavy atom. The third-order valence-corrected chi connectivity index (χ3v) is 16.5. The van der Waals surface area contributed by atoms with Crippen LogP contribution in [-0.2, 0) is 14.0 Å². The zero-order valence-corrected chi connectivity index (χ0v) is 37.1. The molecule has 0 aliphatic carbocycles. The zero-order chi connectivity index (χ0) is 52.9. The Bertz CT molecular complexity index is 2090. The number of hydroxylamine groups is 1. The van der Waals surface area contributed by atoms with Gasteiger partial charge in [0.25, 0.3) is 5.91 Å². The molecular weight excluding hydrogens is 993 g/mol. The molecule has 2 amide bonds. The summed E-state index contributed by atoms with van der Waals surface area (Å²) in [6.07, 6.45) is -9.24. The van der Waals surface area contributed by atoms with E-state index in [1.54, 1.807) is 13.8 Å². The highest BCUT2D eigenvalue weighted by Gasteiger charge is 2.95. The number of anilines is 1. The largest absolute Gasteiger partial charge is 0.491 e. The minimum Gasteiger partial charge on any atom is -0.491 e. The molecule has 2 aromatic carbocycles. The number of rotatable bonds is 23. The van der Waals surface area contributed by atoms with Gasteiger partial charge in [-0.1, -0.05) is 64.5 Å². The first kappa shape index (κ1) is 59.4. The molecule has 0 aromatic heterocycles. The van der Waals surface area contributed by atoms with Crippen molar-refractivity contribution in [1.29, 1.82) is 0 Å². The standard InChI is InChI=1S/C40H43F19N2O6Si/c1-21(2)68(22(3)4,19-16-33(43,44)34(45,46)35(47,48)36(49,50)37(51,52)38(53,54)39(55,56)40(57,58)59)66-18-17-65-27-13-10-25(11-14-27)31(24(6)23(5)8-7-9-30(62)61-64)67-32(63)60-29-15-12-26(41)20-28(29)42/h7-15,20-22,24,31,64H,16-19H2,1-6H3,(H,60,63)(H,61,62)/b9-7+,23-8+/t24-,31+/m1/s1. The highest BCUT2D eigenvalue weighted by atomic mass is 28.4. The van der Waals surface area contributed by atoms with Gasteiger partial charge in [0.2, 0.25) is 0 Å².